The lowest BCUT2D eigenvalue weighted by Gasteiger charge is -2.12. The van der Waals surface area contributed by atoms with E-state index in [1.165, 1.54) is 6.07 Å². The van der Waals surface area contributed by atoms with Crippen molar-refractivity contribution in [2.45, 2.75) is 18.9 Å². The van der Waals surface area contributed by atoms with Crippen molar-refractivity contribution in [1.29, 1.82) is 0 Å². The van der Waals surface area contributed by atoms with Crippen LogP contribution in [0.5, 0.6) is 0 Å². The van der Waals surface area contributed by atoms with Gasteiger partial charge in [0.25, 0.3) is 0 Å². The summed E-state index contributed by atoms with van der Waals surface area (Å²) in [4.78, 5) is 0. The number of benzene rings is 1. The fraction of sp³-hybridized carbons (Fsp3) is 0.538. The zero-order chi connectivity index (χ0) is 12.5. The standard InChI is InChI=1S/C13H20FNO2/c1-16-8-9-17-7-6-12(15)10-11-4-2-3-5-13(11)14/h2-5,12H,6-10,15H2,1H3. The van der Waals surface area contributed by atoms with Crippen LogP contribution >= 0.6 is 0 Å². The fourth-order valence-electron chi connectivity index (χ4n) is 1.53. The number of nitrogens with two attached hydrogens (primary N) is 1. The predicted octanol–water partition coefficient (Wildman–Crippen LogP) is 1.75. The average Bonchev–Trinajstić information content (AvgIpc) is 2.32. The van der Waals surface area contributed by atoms with E-state index in [1.807, 2.05) is 6.07 Å². The first-order chi connectivity index (χ1) is 8.24. The highest BCUT2D eigenvalue weighted by Crippen LogP contribution is 2.09. The van der Waals surface area contributed by atoms with Crippen LogP contribution in [-0.2, 0) is 15.9 Å². The number of ether oxygens (including phenoxy) is 2. The van der Waals surface area contributed by atoms with Gasteiger partial charge in [-0.3, -0.25) is 0 Å². The summed E-state index contributed by atoms with van der Waals surface area (Å²) in [5.74, 6) is -0.191. The van der Waals surface area contributed by atoms with Gasteiger partial charge in [-0.1, -0.05) is 18.2 Å². The molecule has 0 radical (unpaired) electrons. The van der Waals surface area contributed by atoms with Crippen molar-refractivity contribution in [2.75, 3.05) is 26.9 Å². The summed E-state index contributed by atoms with van der Waals surface area (Å²) in [5.41, 5.74) is 6.58. The lowest BCUT2D eigenvalue weighted by atomic mass is 10.0. The molecule has 96 valence electrons. The molecule has 1 unspecified atom stereocenters. The highest BCUT2D eigenvalue weighted by Gasteiger charge is 2.07. The van der Waals surface area contributed by atoms with Gasteiger partial charge in [0.05, 0.1) is 13.2 Å². The van der Waals surface area contributed by atoms with E-state index in [-0.39, 0.29) is 11.9 Å². The van der Waals surface area contributed by atoms with Gasteiger partial charge in [-0.15, -0.1) is 0 Å². The topological polar surface area (TPSA) is 44.5 Å². The molecule has 0 saturated heterocycles. The molecule has 0 aromatic heterocycles. The molecule has 0 aliphatic heterocycles. The average molecular weight is 241 g/mol. The molecule has 17 heavy (non-hydrogen) atoms. The van der Waals surface area contributed by atoms with Gasteiger partial charge in [0.15, 0.2) is 0 Å². The highest BCUT2D eigenvalue weighted by atomic mass is 19.1. The third kappa shape index (κ3) is 5.77. The Hall–Kier alpha value is -0.970. The number of hydrogen-bond donors (Lipinski definition) is 1. The van der Waals surface area contributed by atoms with Crippen molar-refractivity contribution in [1.82, 2.24) is 0 Å². The van der Waals surface area contributed by atoms with Crippen molar-refractivity contribution in [3.63, 3.8) is 0 Å². The lowest BCUT2D eigenvalue weighted by Crippen LogP contribution is -2.25. The number of methoxy groups -OCH3 is 1. The van der Waals surface area contributed by atoms with Crippen LogP contribution in [0.25, 0.3) is 0 Å². The van der Waals surface area contributed by atoms with Crippen LogP contribution in [0.3, 0.4) is 0 Å². The Morgan fingerprint density at radius 3 is 2.71 bits per heavy atom. The van der Waals surface area contributed by atoms with Crippen LogP contribution in [0.15, 0.2) is 24.3 Å². The normalized spacial score (nSPS) is 12.6. The minimum Gasteiger partial charge on any atom is -0.382 e. The van der Waals surface area contributed by atoms with Crippen LogP contribution < -0.4 is 5.73 Å². The first kappa shape index (κ1) is 14.1. The largest absolute Gasteiger partial charge is 0.382 e. The van der Waals surface area contributed by atoms with Gasteiger partial charge in [0, 0.05) is 19.8 Å². The van der Waals surface area contributed by atoms with Crippen molar-refractivity contribution in [3.8, 4) is 0 Å². The summed E-state index contributed by atoms with van der Waals surface area (Å²) in [5, 5.41) is 0. The second-order valence-corrected chi connectivity index (χ2v) is 3.95. The maximum absolute atomic E-state index is 13.3. The monoisotopic (exact) mass is 241 g/mol. The zero-order valence-corrected chi connectivity index (χ0v) is 10.2. The molecule has 0 spiro atoms. The summed E-state index contributed by atoms with van der Waals surface area (Å²) in [6.45, 7) is 1.74. The lowest BCUT2D eigenvalue weighted by molar-refractivity contribution is 0.0672. The molecule has 0 saturated carbocycles. The number of rotatable bonds is 8. The van der Waals surface area contributed by atoms with Gasteiger partial charge in [-0.25, -0.2) is 4.39 Å². The molecular formula is C13H20FNO2. The van der Waals surface area contributed by atoms with Gasteiger partial charge in [0.2, 0.25) is 0 Å². The van der Waals surface area contributed by atoms with Crippen molar-refractivity contribution in [3.05, 3.63) is 35.6 Å². The molecule has 1 aromatic carbocycles. The Kier molecular flexibility index (Phi) is 6.77. The molecule has 4 heteroatoms. The molecule has 1 atom stereocenters. The fourth-order valence-corrected chi connectivity index (χ4v) is 1.53. The maximum atomic E-state index is 13.3. The first-order valence-electron chi connectivity index (χ1n) is 5.79. The Morgan fingerprint density at radius 2 is 2.00 bits per heavy atom. The summed E-state index contributed by atoms with van der Waals surface area (Å²) >= 11 is 0. The van der Waals surface area contributed by atoms with E-state index in [9.17, 15) is 4.39 Å². The smallest absolute Gasteiger partial charge is 0.126 e. The van der Waals surface area contributed by atoms with E-state index < -0.39 is 0 Å². The summed E-state index contributed by atoms with van der Waals surface area (Å²) in [6, 6.07) is 6.64. The second kappa shape index (κ2) is 8.17. The maximum Gasteiger partial charge on any atom is 0.126 e. The molecule has 0 aliphatic rings. The van der Waals surface area contributed by atoms with Crippen molar-refractivity contribution >= 4 is 0 Å². The van der Waals surface area contributed by atoms with Gasteiger partial charge in [-0.2, -0.15) is 0 Å². The number of hydrogen-bond acceptors (Lipinski definition) is 3. The van der Waals surface area contributed by atoms with E-state index >= 15 is 0 Å². The van der Waals surface area contributed by atoms with Crippen molar-refractivity contribution < 1.29 is 13.9 Å². The van der Waals surface area contributed by atoms with Crippen LogP contribution in [0.1, 0.15) is 12.0 Å². The second-order valence-electron chi connectivity index (χ2n) is 3.95. The first-order valence-corrected chi connectivity index (χ1v) is 5.79. The summed E-state index contributed by atoms with van der Waals surface area (Å²) in [7, 11) is 1.63. The molecule has 3 nitrogen and oxygen atoms in total. The Bertz CT molecular complexity index is 320. The molecule has 0 bridgehead atoms. The molecule has 0 amide bonds. The SMILES string of the molecule is COCCOCCC(N)Cc1ccccc1F. The van der Waals surface area contributed by atoms with Gasteiger partial charge < -0.3 is 15.2 Å². The number of halogens is 1. The van der Waals surface area contributed by atoms with E-state index in [0.717, 1.165) is 6.42 Å². The molecule has 0 fully saturated rings. The minimum atomic E-state index is -0.191. The zero-order valence-electron chi connectivity index (χ0n) is 10.2. The summed E-state index contributed by atoms with van der Waals surface area (Å²) in [6.07, 6.45) is 1.26. The molecule has 1 rings (SSSR count). The molecule has 2 N–H and O–H groups in total. The minimum absolute atomic E-state index is 0.0746. The summed E-state index contributed by atoms with van der Waals surface area (Å²) < 4.78 is 23.5. The Balaban J connectivity index is 2.21. The van der Waals surface area contributed by atoms with E-state index in [2.05, 4.69) is 0 Å². The van der Waals surface area contributed by atoms with Crippen LogP contribution in [-0.4, -0.2) is 33.0 Å². The van der Waals surface area contributed by atoms with E-state index in [4.69, 9.17) is 15.2 Å². The van der Waals surface area contributed by atoms with Crippen LogP contribution in [0.2, 0.25) is 0 Å². The van der Waals surface area contributed by atoms with E-state index in [0.29, 0.717) is 31.8 Å². The predicted molar refractivity (Wildman–Crippen MR) is 65.4 cm³/mol. The van der Waals surface area contributed by atoms with Crippen molar-refractivity contribution in [2.24, 2.45) is 5.73 Å². The van der Waals surface area contributed by atoms with Crippen LogP contribution in [0, 0.1) is 5.82 Å². The molecule has 0 heterocycles. The highest BCUT2D eigenvalue weighted by molar-refractivity contribution is 5.18. The van der Waals surface area contributed by atoms with Gasteiger partial charge in [0.1, 0.15) is 5.82 Å². The molecule has 0 aliphatic carbocycles. The van der Waals surface area contributed by atoms with Crippen LogP contribution in [0.4, 0.5) is 4.39 Å². The third-order valence-corrected chi connectivity index (χ3v) is 2.50. The van der Waals surface area contributed by atoms with E-state index in [1.54, 1.807) is 19.2 Å². The third-order valence-electron chi connectivity index (χ3n) is 2.50. The molecular weight excluding hydrogens is 221 g/mol. The Labute approximate surface area is 102 Å². The van der Waals surface area contributed by atoms with Gasteiger partial charge >= 0.3 is 0 Å². The molecule has 1 aromatic rings. The Morgan fingerprint density at radius 1 is 1.24 bits per heavy atom. The quantitative estimate of drug-likeness (QED) is 0.705. The van der Waals surface area contributed by atoms with Gasteiger partial charge in [-0.05, 0) is 24.5 Å².